The topological polar surface area (TPSA) is 43.1 Å². The van der Waals surface area contributed by atoms with Gasteiger partial charge in [-0.3, -0.25) is 0 Å². The van der Waals surface area contributed by atoms with Gasteiger partial charge in [-0.2, -0.15) is 0 Å². The van der Waals surface area contributed by atoms with Crippen molar-refractivity contribution in [1.29, 1.82) is 0 Å². The molecular formula is C7H8ClNO2. The first-order valence-electron chi connectivity index (χ1n) is 3.27. The highest BCUT2D eigenvalue weighted by Crippen LogP contribution is 2.10. The van der Waals surface area contributed by atoms with Gasteiger partial charge in [0.25, 0.3) is 5.35 Å². The van der Waals surface area contributed by atoms with Gasteiger partial charge in [0.15, 0.2) is 0 Å². The van der Waals surface area contributed by atoms with Crippen molar-refractivity contribution in [2.45, 2.75) is 13.3 Å². The Morgan fingerprint density at radius 1 is 1.91 bits per heavy atom. The smallest absolute Gasteiger partial charge is 0.292 e. The molecule has 0 aliphatic rings. The minimum Gasteiger partial charge on any atom is -0.436 e. The van der Waals surface area contributed by atoms with Crippen LogP contribution < -0.4 is 0 Å². The van der Waals surface area contributed by atoms with Gasteiger partial charge in [-0.15, -0.1) is 0 Å². The molecule has 0 N–H and O–H groups in total. The third-order valence-electron chi connectivity index (χ3n) is 1.29. The van der Waals surface area contributed by atoms with Gasteiger partial charge in [0.05, 0.1) is 5.69 Å². The summed E-state index contributed by atoms with van der Waals surface area (Å²) in [6.45, 7) is 1.82. The lowest BCUT2D eigenvalue weighted by molar-refractivity contribution is -0.110. The summed E-state index contributed by atoms with van der Waals surface area (Å²) in [6.07, 6.45) is 2.92. The van der Waals surface area contributed by atoms with Crippen LogP contribution in [0.15, 0.2) is 10.7 Å². The Balaban J connectivity index is 2.57. The van der Waals surface area contributed by atoms with Gasteiger partial charge in [0.1, 0.15) is 12.5 Å². The van der Waals surface area contributed by atoms with Crippen molar-refractivity contribution in [2.75, 3.05) is 0 Å². The Hall–Kier alpha value is -0.830. The van der Waals surface area contributed by atoms with Crippen LogP contribution in [-0.4, -0.2) is 11.3 Å². The molecule has 60 valence electrons. The number of aromatic nitrogens is 1. The number of oxazole rings is 1. The van der Waals surface area contributed by atoms with E-state index in [-0.39, 0.29) is 11.3 Å². The van der Waals surface area contributed by atoms with Crippen LogP contribution in [-0.2, 0) is 11.2 Å². The monoisotopic (exact) mass is 173 g/mol. The van der Waals surface area contributed by atoms with E-state index in [9.17, 15) is 4.79 Å². The fourth-order valence-electron chi connectivity index (χ4n) is 0.754. The normalized spacial score (nSPS) is 12.9. The van der Waals surface area contributed by atoms with Crippen molar-refractivity contribution < 1.29 is 9.21 Å². The van der Waals surface area contributed by atoms with Crippen LogP contribution >= 0.6 is 11.6 Å². The zero-order chi connectivity index (χ0) is 8.27. The van der Waals surface area contributed by atoms with E-state index in [1.54, 1.807) is 0 Å². The molecule has 3 nitrogen and oxygen atoms in total. The first-order chi connectivity index (χ1) is 5.22. The summed E-state index contributed by atoms with van der Waals surface area (Å²) in [4.78, 5) is 14.1. The molecule has 0 radical (unpaired) electrons. The van der Waals surface area contributed by atoms with E-state index < -0.39 is 0 Å². The zero-order valence-corrected chi connectivity index (χ0v) is 6.84. The van der Waals surface area contributed by atoms with Crippen molar-refractivity contribution >= 4 is 17.9 Å². The fourth-order valence-corrected chi connectivity index (χ4v) is 0.907. The van der Waals surface area contributed by atoms with Crippen molar-refractivity contribution in [3.63, 3.8) is 0 Å². The van der Waals surface area contributed by atoms with Gasteiger partial charge in [-0.1, -0.05) is 6.92 Å². The van der Waals surface area contributed by atoms with Crippen molar-refractivity contribution in [1.82, 2.24) is 4.98 Å². The first-order valence-corrected chi connectivity index (χ1v) is 3.65. The molecule has 0 aliphatic carbocycles. The first kappa shape index (κ1) is 8.27. The summed E-state index contributed by atoms with van der Waals surface area (Å²) in [5.41, 5.74) is 0.717. The molecule has 1 unspecified atom stereocenters. The number of carbonyl (C=O) groups excluding carboxylic acids is 1. The molecule has 0 aliphatic heterocycles. The Labute approximate surface area is 69.4 Å². The molecule has 0 spiro atoms. The van der Waals surface area contributed by atoms with Crippen molar-refractivity contribution in [3.8, 4) is 0 Å². The summed E-state index contributed by atoms with van der Waals surface area (Å²) >= 11 is 5.42. The van der Waals surface area contributed by atoms with Crippen molar-refractivity contribution in [2.24, 2.45) is 5.92 Å². The summed E-state index contributed by atoms with van der Waals surface area (Å²) in [6, 6.07) is 0. The SMILES string of the molecule is CC(C=O)Cc1coc(Cl)n1. The second-order valence-corrected chi connectivity index (χ2v) is 2.73. The average Bonchev–Trinajstić information content (AvgIpc) is 2.35. The summed E-state index contributed by atoms with van der Waals surface area (Å²) in [5.74, 6) is -0.0313. The van der Waals surface area contributed by atoms with Gasteiger partial charge >= 0.3 is 0 Å². The predicted molar refractivity (Wildman–Crippen MR) is 40.4 cm³/mol. The molecule has 1 atom stereocenters. The van der Waals surface area contributed by atoms with Gasteiger partial charge < -0.3 is 9.21 Å². The third kappa shape index (κ3) is 2.35. The maximum Gasteiger partial charge on any atom is 0.292 e. The van der Waals surface area contributed by atoms with E-state index in [1.165, 1.54) is 6.26 Å². The predicted octanol–water partition coefficient (Wildman–Crippen LogP) is 1.71. The Kier molecular flexibility index (Phi) is 2.65. The number of halogens is 1. The lowest BCUT2D eigenvalue weighted by atomic mass is 10.1. The molecule has 4 heteroatoms. The van der Waals surface area contributed by atoms with E-state index in [4.69, 9.17) is 16.0 Å². The molecule has 0 fully saturated rings. The van der Waals surface area contributed by atoms with E-state index in [0.29, 0.717) is 6.42 Å². The van der Waals surface area contributed by atoms with E-state index in [2.05, 4.69) is 4.98 Å². The highest BCUT2D eigenvalue weighted by Gasteiger charge is 2.05. The number of carbonyl (C=O) groups is 1. The molecule has 1 rings (SSSR count). The number of rotatable bonds is 3. The minimum atomic E-state index is -0.0313. The average molecular weight is 174 g/mol. The molecule has 1 aromatic rings. The standard InChI is InChI=1S/C7H8ClNO2/c1-5(3-10)2-6-4-11-7(8)9-6/h3-5H,2H2,1H3. The second kappa shape index (κ2) is 3.53. The number of hydrogen-bond acceptors (Lipinski definition) is 3. The summed E-state index contributed by atoms with van der Waals surface area (Å²) in [5, 5.41) is 0.123. The summed E-state index contributed by atoms with van der Waals surface area (Å²) < 4.78 is 4.75. The Morgan fingerprint density at radius 3 is 3.09 bits per heavy atom. The van der Waals surface area contributed by atoms with Gasteiger partial charge in [0.2, 0.25) is 0 Å². The minimum absolute atomic E-state index is 0.0313. The maximum atomic E-state index is 10.2. The van der Waals surface area contributed by atoms with Crippen LogP contribution in [0.2, 0.25) is 5.35 Å². The van der Waals surface area contributed by atoms with E-state index >= 15 is 0 Å². The Morgan fingerprint density at radius 2 is 2.64 bits per heavy atom. The van der Waals surface area contributed by atoms with Gasteiger partial charge in [-0.25, -0.2) is 4.98 Å². The van der Waals surface area contributed by atoms with E-state index in [1.807, 2.05) is 6.92 Å². The van der Waals surface area contributed by atoms with Crippen LogP contribution in [0, 0.1) is 5.92 Å². The summed E-state index contributed by atoms with van der Waals surface area (Å²) in [7, 11) is 0. The lowest BCUT2D eigenvalue weighted by Crippen LogP contribution is -2.00. The van der Waals surface area contributed by atoms with Gasteiger partial charge in [0, 0.05) is 12.3 Å². The molecule has 0 aromatic carbocycles. The molecular weight excluding hydrogens is 166 g/mol. The molecule has 11 heavy (non-hydrogen) atoms. The molecule has 0 amide bonds. The molecule has 1 heterocycles. The highest BCUT2D eigenvalue weighted by molar-refractivity contribution is 6.27. The molecule has 0 bridgehead atoms. The third-order valence-corrected chi connectivity index (χ3v) is 1.46. The number of hydrogen-bond donors (Lipinski definition) is 0. The molecule has 0 saturated carbocycles. The molecule has 1 aromatic heterocycles. The van der Waals surface area contributed by atoms with Crippen molar-refractivity contribution in [3.05, 3.63) is 17.3 Å². The van der Waals surface area contributed by atoms with E-state index in [0.717, 1.165) is 12.0 Å². The number of nitrogens with zero attached hydrogens (tertiary/aromatic N) is 1. The zero-order valence-electron chi connectivity index (χ0n) is 6.08. The van der Waals surface area contributed by atoms with Crippen LogP contribution in [0.4, 0.5) is 0 Å². The second-order valence-electron chi connectivity index (χ2n) is 2.41. The Bertz CT molecular complexity index is 246. The fraction of sp³-hybridized carbons (Fsp3) is 0.429. The van der Waals surface area contributed by atoms with Crippen LogP contribution in [0.3, 0.4) is 0 Å². The van der Waals surface area contributed by atoms with Gasteiger partial charge in [-0.05, 0) is 11.6 Å². The number of aldehydes is 1. The largest absolute Gasteiger partial charge is 0.436 e. The lowest BCUT2D eigenvalue weighted by Gasteiger charge is -1.95. The van der Waals surface area contributed by atoms with Crippen LogP contribution in [0.25, 0.3) is 0 Å². The van der Waals surface area contributed by atoms with Crippen LogP contribution in [0.5, 0.6) is 0 Å². The highest BCUT2D eigenvalue weighted by atomic mass is 35.5. The maximum absolute atomic E-state index is 10.2. The molecule has 0 saturated heterocycles. The van der Waals surface area contributed by atoms with Crippen LogP contribution in [0.1, 0.15) is 12.6 Å². The quantitative estimate of drug-likeness (QED) is 0.654.